The molecule has 0 aliphatic heterocycles. The Kier molecular flexibility index (Phi) is 2.15. The second-order valence-electron chi connectivity index (χ2n) is 3.91. The maximum absolute atomic E-state index is 5.95. The zero-order chi connectivity index (χ0) is 12.0. The second-order valence-corrected chi connectivity index (χ2v) is 4.88. The Hall–Kier alpha value is -1.89. The molecule has 0 aromatic carbocycles. The van der Waals surface area contributed by atoms with Crippen molar-refractivity contribution in [1.29, 1.82) is 0 Å². The van der Waals surface area contributed by atoms with Crippen LogP contribution in [0, 0.1) is 6.92 Å². The molecule has 7 heteroatoms. The van der Waals surface area contributed by atoms with E-state index in [1.165, 1.54) is 0 Å². The first-order valence-electron chi connectivity index (χ1n) is 5.19. The Bertz CT molecular complexity index is 663. The first-order chi connectivity index (χ1) is 8.16. The fourth-order valence-electron chi connectivity index (χ4n) is 1.98. The minimum absolute atomic E-state index is 0.518. The third kappa shape index (κ3) is 1.50. The van der Waals surface area contributed by atoms with Gasteiger partial charge in [-0.15, -0.1) is 11.3 Å². The Morgan fingerprint density at radius 1 is 1.47 bits per heavy atom. The molecule has 88 valence electrons. The Morgan fingerprint density at radius 2 is 2.29 bits per heavy atom. The second kappa shape index (κ2) is 3.56. The normalized spacial score (nSPS) is 11.4. The third-order valence-electron chi connectivity index (χ3n) is 2.72. The van der Waals surface area contributed by atoms with Crippen molar-refractivity contribution in [1.82, 2.24) is 24.3 Å². The number of imidazole rings is 1. The molecule has 3 aromatic rings. The van der Waals surface area contributed by atoms with E-state index in [4.69, 9.17) is 5.73 Å². The molecule has 3 heterocycles. The number of anilines is 1. The Balaban J connectivity index is 2.18. The van der Waals surface area contributed by atoms with Gasteiger partial charge in [-0.3, -0.25) is 14.2 Å². The van der Waals surface area contributed by atoms with E-state index in [9.17, 15) is 0 Å². The van der Waals surface area contributed by atoms with E-state index < -0.39 is 0 Å². The van der Waals surface area contributed by atoms with Crippen molar-refractivity contribution in [2.24, 2.45) is 7.05 Å². The number of hydrogen-bond donors (Lipinski definition) is 1. The van der Waals surface area contributed by atoms with Gasteiger partial charge >= 0.3 is 0 Å². The van der Waals surface area contributed by atoms with E-state index in [0.29, 0.717) is 12.5 Å². The molecule has 0 spiro atoms. The maximum Gasteiger partial charge on any atom is 0.202 e. The van der Waals surface area contributed by atoms with Gasteiger partial charge < -0.3 is 5.73 Å². The summed E-state index contributed by atoms with van der Waals surface area (Å²) in [5.74, 6) is 0.518. The molecule has 0 fully saturated rings. The quantitative estimate of drug-likeness (QED) is 0.738. The van der Waals surface area contributed by atoms with Crippen molar-refractivity contribution in [3.8, 4) is 0 Å². The van der Waals surface area contributed by atoms with Crippen LogP contribution in [0.15, 0.2) is 11.7 Å². The van der Waals surface area contributed by atoms with Crippen LogP contribution in [0.5, 0.6) is 0 Å². The topological polar surface area (TPSA) is 74.6 Å². The highest BCUT2D eigenvalue weighted by Crippen LogP contribution is 2.22. The summed E-state index contributed by atoms with van der Waals surface area (Å²) in [6.45, 7) is 2.62. The summed E-state index contributed by atoms with van der Waals surface area (Å²) in [5, 5.41) is 4.35. The molecule has 3 aromatic heterocycles. The van der Waals surface area contributed by atoms with Crippen molar-refractivity contribution in [2.75, 3.05) is 5.73 Å². The monoisotopic (exact) mass is 248 g/mol. The largest absolute Gasteiger partial charge is 0.369 e. The Morgan fingerprint density at radius 3 is 3.00 bits per heavy atom. The predicted molar refractivity (Wildman–Crippen MR) is 66.9 cm³/mol. The van der Waals surface area contributed by atoms with Crippen LogP contribution in [-0.2, 0) is 13.6 Å². The molecule has 0 aliphatic carbocycles. The molecule has 17 heavy (non-hydrogen) atoms. The number of nitrogen functional groups attached to an aromatic ring is 1. The zero-order valence-corrected chi connectivity index (χ0v) is 10.4. The van der Waals surface area contributed by atoms with Crippen molar-refractivity contribution < 1.29 is 0 Å². The van der Waals surface area contributed by atoms with Crippen LogP contribution < -0.4 is 5.73 Å². The maximum atomic E-state index is 5.95. The number of nitrogens with zero attached hydrogens (tertiary/aromatic N) is 5. The van der Waals surface area contributed by atoms with Crippen LogP contribution in [0.2, 0.25) is 0 Å². The van der Waals surface area contributed by atoms with E-state index in [-0.39, 0.29) is 0 Å². The average molecular weight is 248 g/mol. The summed E-state index contributed by atoms with van der Waals surface area (Å²) in [4.78, 5) is 9.57. The summed E-state index contributed by atoms with van der Waals surface area (Å²) in [6, 6.07) is 0. The van der Waals surface area contributed by atoms with Gasteiger partial charge in [0.25, 0.3) is 0 Å². The molecule has 0 bridgehead atoms. The molecule has 0 amide bonds. The van der Waals surface area contributed by atoms with Crippen LogP contribution >= 0.6 is 11.3 Å². The summed E-state index contributed by atoms with van der Waals surface area (Å²) >= 11 is 1.61. The Labute approximate surface area is 102 Å². The SMILES string of the molecule is Cc1nn(C)c2c1nc(N)n2Cc1cncs1. The van der Waals surface area contributed by atoms with Gasteiger partial charge in [-0.2, -0.15) is 5.10 Å². The highest BCUT2D eigenvalue weighted by molar-refractivity contribution is 7.09. The van der Waals surface area contributed by atoms with Gasteiger partial charge in [0.15, 0.2) is 5.65 Å². The van der Waals surface area contributed by atoms with E-state index >= 15 is 0 Å². The minimum atomic E-state index is 0.518. The van der Waals surface area contributed by atoms with Crippen LogP contribution in [0.4, 0.5) is 5.95 Å². The summed E-state index contributed by atoms with van der Waals surface area (Å²) in [7, 11) is 1.90. The molecule has 0 unspecified atom stereocenters. The van der Waals surface area contributed by atoms with Gasteiger partial charge in [0.1, 0.15) is 5.52 Å². The summed E-state index contributed by atoms with van der Waals surface area (Å²) in [5.41, 5.74) is 10.5. The van der Waals surface area contributed by atoms with E-state index in [1.54, 1.807) is 11.3 Å². The van der Waals surface area contributed by atoms with Crippen LogP contribution in [0.25, 0.3) is 11.2 Å². The summed E-state index contributed by atoms with van der Waals surface area (Å²) in [6.07, 6.45) is 1.85. The predicted octanol–water partition coefficient (Wildman–Crippen LogP) is 1.17. The smallest absolute Gasteiger partial charge is 0.202 e. The van der Waals surface area contributed by atoms with Gasteiger partial charge in [0, 0.05) is 18.1 Å². The zero-order valence-electron chi connectivity index (χ0n) is 9.58. The van der Waals surface area contributed by atoms with Crippen LogP contribution in [0.3, 0.4) is 0 Å². The lowest BCUT2D eigenvalue weighted by atomic mass is 10.4. The van der Waals surface area contributed by atoms with E-state index in [0.717, 1.165) is 21.7 Å². The highest BCUT2D eigenvalue weighted by atomic mass is 32.1. The molecule has 0 radical (unpaired) electrons. The lowest BCUT2D eigenvalue weighted by molar-refractivity contribution is 0.729. The van der Waals surface area contributed by atoms with Crippen molar-refractivity contribution >= 4 is 28.4 Å². The number of hydrogen-bond acceptors (Lipinski definition) is 5. The molecule has 6 nitrogen and oxygen atoms in total. The molecule has 2 N–H and O–H groups in total. The van der Waals surface area contributed by atoms with Gasteiger partial charge in [-0.05, 0) is 6.92 Å². The van der Waals surface area contributed by atoms with Crippen LogP contribution in [-0.4, -0.2) is 24.3 Å². The standard InChI is InChI=1S/C10H12N6S/c1-6-8-9(15(2)14-6)16(10(11)13-8)4-7-3-12-5-17-7/h3,5H,4H2,1-2H3,(H2,11,13). The molecule has 0 saturated carbocycles. The number of aryl methyl sites for hydroxylation is 2. The molecular formula is C10H12N6S. The van der Waals surface area contributed by atoms with Gasteiger partial charge in [-0.1, -0.05) is 0 Å². The first-order valence-corrected chi connectivity index (χ1v) is 6.07. The molecule has 3 rings (SSSR count). The van der Waals surface area contributed by atoms with Gasteiger partial charge in [-0.25, -0.2) is 4.98 Å². The van der Waals surface area contributed by atoms with Crippen LogP contribution in [0.1, 0.15) is 10.6 Å². The number of nitrogens with two attached hydrogens (primary N) is 1. The fourth-order valence-corrected chi connectivity index (χ4v) is 2.57. The van der Waals surface area contributed by atoms with Gasteiger partial charge in [0.05, 0.1) is 17.7 Å². The third-order valence-corrected chi connectivity index (χ3v) is 3.48. The minimum Gasteiger partial charge on any atom is -0.369 e. The highest BCUT2D eigenvalue weighted by Gasteiger charge is 2.15. The fraction of sp³-hybridized carbons (Fsp3) is 0.300. The summed E-state index contributed by atoms with van der Waals surface area (Å²) < 4.78 is 3.78. The number of fused-ring (bicyclic) bond motifs is 1. The molecule has 0 aliphatic rings. The molecule has 0 saturated heterocycles. The molecular weight excluding hydrogens is 236 g/mol. The number of rotatable bonds is 2. The molecule has 0 atom stereocenters. The lowest BCUT2D eigenvalue weighted by Crippen LogP contribution is -2.07. The van der Waals surface area contributed by atoms with Gasteiger partial charge in [0.2, 0.25) is 5.95 Å². The first kappa shape index (κ1) is 10.3. The van der Waals surface area contributed by atoms with E-state index in [1.807, 2.05) is 34.9 Å². The van der Waals surface area contributed by atoms with E-state index in [2.05, 4.69) is 15.1 Å². The van der Waals surface area contributed by atoms with Crippen molar-refractivity contribution in [3.63, 3.8) is 0 Å². The van der Waals surface area contributed by atoms with Crippen molar-refractivity contribution in [2.45, 2.75) is 13.5 Å². The lowest BCUT2D eigenvalue weighted by Gasteiger charge is -2.04. The average Bonchev–Trinajstić information content (AvgIpc) is 2.93. The van der Waals surface area contributed by atoms with Crippen molar-refractivity contribution in [3.05, 3.63) is 22.3 Å². The number of aromatic nitrogens is 5. The number of thiazole rings is 1.